The van der Waals surface area contributed by atoms with E-state index >= 15 is 0 Å². The van der Waals surface area contributed by atoms with Crippen molar-refractivity contribution >= 4 is 17.3 Å². The third kappa shape index (κ3) is 6.16. The van der Waals surface area contributed by atoms with Gasteiger partial charge in [-0.05, 0) is 31.0 Å². The molecule has 0 amide bonds. The van der Waals surface area contributed by atoms with E-state index in [1.807, 2.05) is 0 Å². The molecule has 4 heteroatoms. The van der Waals surface area contributed by atoms with Gasteiger partial charge < -0.3 is 15.4 Å². The van der Waals surface area contributed by atoms with E-state index < -0.39 is 0 Å². The summed E-state index contributed by atoms with van der Waals surface area (Å²) in [6, 6.07) is 0. The standard InChI is InChI=1S/C10H20N2OS/c1-13-8-7-12-10(14)11-6-2-3-9-4-5-9/h9H,2-8H2,1H3,(H2,11,12,14). The van der Waals surface area contributed by atoms with E-state index in [2.05, 4.69) is 10.6 Å². The van der Waals surface area contributed by atoms with Crippen LogP contribution in [0.25, 0.3) is 0 Å². The fraction of sp³-hybridized carbons (Fsp3) is 0.900. The Morgan fingerprint density at radius 1 is 1.36 bits per heavy atom. The molecular formula is C10H20N2OS. The largest absolute Gasteiger partial charge is 0.383 e. The molecule has 14 heavy (non-hydrogen) atoms. The molecule has 1 rings (SSSR count). The van der Waals surface area contributed by atoms with Crippen molar-refractivity contribution in [1.82, 2.24) is 10.6 Å². The Morgan fingerprint density at radius 3 is 2.71 bits per heavy atom. The van der Waals surface area contributed by atoms with Crippen molar-refractivity contribution < 1.29 is 4.74 Å². The van der Waals surface area contributed by atoms with Gasteiger partial charge in [-0.2, -0.15) is 0 Å². The van der Waals surface area contributed by atoms with Crippen molar-refractivity contribution in [2.24, 2.45) is 5.92 Å². The van der Waals surface area contributed by atoms with Crippen LogP contribution in [0.1, 0.15) is 25.7 Å². The summed E-state index contributed by atoms with van der Waals surface area (Å²) in [6.07, 6.45) is 5.47. The SMILES string of the molecule is COCCNC(=S)NCCCC1CC1. The Bertz CT molecular complexity index is 172. The van der Waals surface area contributed by atoms with Gasteiger partial charge in [-0.25, -0.2) is 0 Å². The molecular weight excluding hydrogens is 196 g/mol. The first-order valence-electron chi connectivity index (χ1n) is 5.33. The van der Waals surface area contributed by atoms with Gasteiger partial charge in [-0.15, -0.1) is 0 Å². The van der Waals surface area contributed by atoms with Crippen LogP contribution >= 0.6 is 12.2 Å². The Morgan fingerprint density at radius 2 is 2.07 bits per heavy atom. The Balaban J connectivity index is 1.81. The molecule has 1 aliphatic carbocycles. The first-order chi connectivity index (χ1) is 6.83. The lowest BCUT2D eigenvalue weighted by molar-refractivity contribution is 0.204. The second-order valence-corrected chi connectivity index (χ2v) is 4.17. The summed E-state index contributed by atoms with van der Waals surface area (Å²) in [5.41, 5.74) is 0. The van der Waals surface area contributed by atoms with Gasteiger partial charge in [0.25, 0.3) is 0 Å². The number of nitrogens with one attached hydrogen (secondary N) is 2. The first kappa shape index (κ1) is 11.7. The highest BCUT2D eigenvalue weighted by molar-refractivity contribution is 7.80. The molecule has 0 heterocycles. The predicted octanol–water partition coefficient (Wildman–Crippen LogP) is 1.29. The zero-order valence-corrected chi connectivity index (χ0v) is 9.66. The van der Waals surface area contributed by atoms with E-state index in [-0.39, 0.29) is 0 Å². The minimum Gasteiger partial charge on any atom is -0.383 e. The molecule has 0 atom stereocenters. The van der Waals surface area contributed by atoms with Gasteiger partial charge in [0.2, 0.25) is 0 Å². The van der Waals surface area contributed by atoms with Crippen molar-refractivity contribution in [3.63, 3.8) is 0 Å². The van der Waals surface area contributed by atoms with Gasteiger partial charge in [0.15, 0.2) is 5.11 Å². The molecule has 0 aromatic carbocycles. The predicted molar refractivity (Wildman–Crippen MR) is 62.4 cm³/mol. The molecule has 0 aromatic rings. The third-order valence-corrected chi connectivity index (χ3v) is 2.65. The summed E-state index contributed by atoms with van der Waals surface area (Å²) in [5.74, 6) is 1.02. The highest BCUT2D eigenvalue weighted by Gasteiger charge is 2.19. The number of rotatable bonds is 7. The van der Waals surface area contributed by atoms with Gasteiger partial charge in [0.05, 0.1) is 6.61 Å². The van der Waals surface area contributed by atoms with Crippen LogP contribution in [0.4, 0.5) is 0 Å². The lowest BCUT2D eigenvalue weighted by Gasteiger charge is -2.09. The van der Waals surface area contributed by atoms with Crippen molar-refractivity contribution in [1.29, 1.82) is 0 Å². The van der Waals surface area contributed by atoms with Crippen LogP contribution in [-0.4, -0.2) is 31.9 Å². The molecule has 0 bridgehead atoms. The van der Waals surface area contributed by atoms with E-state index in [9.17, 15) is 0 Å². The number of ether oxygens (including phenoxy) is 1. The molecule has 0 aromatic heterocycles. The van der Waals surface area contributed by atoms with Crippen LogP contribution in [-0.2, 0) is 4.74 Å². The summed E-state index contributed by atoms with van der Waals surface area (Å²) in [6.45, 7) is 2.48. The Kier molecular flexibility index (Phi) is 5.87. The Hall–Kier alpha value is -0.350. The smallest absolute Gasteiger partial charge is 0.166 e. The summed E-state index contributed by atoms with van der Waals surface area (Å²) in [4.78, 5) is 0. The third-order valence-electron chi connectivity index (χ3n) is 2.36. The minimum absolute atomic E-state index is 0.698. The first-order valence-corrected chi connectivity index (χ1v) is 5.74. The van der Waals surface area contributed by atoms with Crippen molar-refractivity contribution in [3.8, 4) is 0 Å². The number of methoxy groups -OCH3 is 1. The van der Waals surface area contributed by atoms with Crippen molar-refractivity contribution in [2.45, 2.75) is 25.7 Å². The number of hydrogen-bond donors (Lipinski definition) is 2. The van der Waals surface area contributed by atoms with Crippen molar-refractivity contribution in [2.75, 3.05) is 26.8 Å². The van der Waals surface area contributed by atoms with Crippen LogP contribution in [0.2, 0.25) is 0 Å². The average Bonchev–Trinajstić information content (AvgIpc) is 2.97. The van der Waals surface area contributed by atoms with Gasteiger partial charge in [-0.3, -0.25) is 0 Å². The molecule has 1 aliphatic rings. The summed E-state index contributed by atoms with van der Waals surface area (Å²) >= 11 is 5.08. The summed E-state index contributed by atoms with van der Waals surface area (Å²) in [7, 11) is 1.69. The van der Waals surface area contributed by atoms with Gasteiger partial charge in [0.1, 0.15) is 0 Å². The van der Waals surface area contributed by atoms with Crippen LogP contribution in [0.3, 0.4) is 0 Å². The second kappa shape index (κ2) is 7.01. The molecule has 1 saturated carbocycles. The van der Waals surface area contributed by atoms with Gasteiger partial charge >= 0.3 is 0 Å². The summed E-state index contributed by atoms with van der Waals surface area (Å²) in [5, 5.41) is 7.02. The lowest BCUT2D eigenvalue weighted by atomic mass is 10.2. The maximum absolute atomic E-state index is 5.08. The van der Waals surface area contributed by atoms with E-state index in [4.69, 9.17) is 17.0 Å². The van der Waals surface area contributed by atoms with Crippen LogP contribution in [0, 0.1) is 5.92 Å². The molecule has 0 unspecified atom stereocenters. The number of hydrogen-bond acceptors (Lipinski definition) is 2. The Labute approximate surface area is 91.6 Å². The monoisotopic (exact) mass is 216 g/mol. The molecule has 0 radical (unpaired) electrons. The maximum Gasteiger partial charge on any atom is 0.166 e. The van der Waals surface area contributed by atoms with E-state index in [1.54, 1.807) is 7.11 Å². The number of thiocarbonyl (C=S) groups is 1. The quantitative estimate of drug-likeness (QED) is 0.496. The molecule has 0 aliphatic heterocycles. The highest BCUT2D eigenvalue weighted by atomic mass is 32.1. The fourth-order valence-corrected chi connectivity index (χ4v) is 1.53. The second-order valence-electron chi connectivity index (χ2n) is 3.76. The molecule has 1 fully saturated rings. The normalized spacial score (nSPS) is 15.2. The lowest BCUT2D eigenvalue weighted by Crippen LogP contribution is -2.37. The van der Waals surface area contributed by atoms with E-state index in [1.165, 1.54) is 25.7 Å². The molecule has 2 N–H and O–H groups in total. The molecule has 0 spiro atoms. The molecule has 0 saturated heterocycles. The van der Waals surface area contributed by atoms with Crippen molar-refractivity contribution in [3.05, 3.63) is 0 Å². The van der Waals surface area contributed by atoms with Gasteiger partial charge in [0, 0.05) is 20.2 Å². The zero-order valence-electron chi connectivity index (χ0n) is 8.84. The minimum atomic E-state index is 0.698. The molecule has 3 nitrogen and oxygen atoms in total. The molecule has 82 valence electrons. The van der Waals surface area contributed by atoms with Crippen LogP contribution in [0.15, 0.2) is 0 Å². The zero-order chi connectivity index (χ0) is 10.2. The van der Waals surface area contributed by atoms with Crippen LogP contribution in [0.5, 0.6) is 0 Å². The topological polar surface area (TPSA) is 33.3 Å². The van der Waals surface area contributed by atoms with E-state index in [0.717, 1.165) is 24.1 Å². The highest BCUT2D eigenvalue weighted by Crippen LogP contribution is 2.33. The van der Waals surface area contributed by atoms with E-state index in [0.29, 0.717) is 6.61 Å². The van der Waals surface area contributed by atoms with Crippen LogP contribution < -0.4 is 10.6 Å². The van der Waals surface area contributed by atoms with Gasteiger partial charge in [-0.1, -0.05) is 12.8 Å². The average molecular weight is 216 g/mol. The summed E-state index contributed by atoms with van der Waals surface area (Å²) < 4.78 is 4.91. The fourth-order valence-electron chi connectivity index (χ4n) is 1.33. The maximum atomic E-state index is 5.08.